The number of amides is 2. The molecule has 1 saturated carbocycles. The molecule has 37 heavy (non-hydrogen) atoms. The van der Waals surface area contributed by atoms with E-state index in [4.69, 9.17) is 5.10 Å². The van der Waals surface area contributed by atoms with Crippen LogP contribution in [0.5, 0.6) is 0 Å². The monoisotopic (exact) mass is 498 g/mol. The van der Waals surface area contributed by atoms with Crippen LogP contribution in [-0.2, 0) is 26.1 Å². The van der Waals surface area contributed by atoms with Gasteiger partial charge in [0.1, 0.15) is 0 Å². The van der Waals surface area contributed by atoms with Crippen molar-refractivity contribution < 1.29 is 9.59 Å². The van der Waals surface area contributed by atoms with Crippen LogP contribution in [0.15, 0.2) is 48.7 Å². The lowest BCUT2D eigenvalue weighted by Crippen LogP contribution is -2.37. The van der Waals surface area contributed by atoms with Gasteiger partial charge in [-0.15, -0.1) is 0 Å². The lowest BCUT2D eigenvalue weighted by Gasteiger charge is -2.30. The number of carbonyl (C=O) groups excluding carboxylic acids is 2. The van der Waals surface area contributed by atoms with E-state index >= 15 is 0 Å². The highest BCUT2D eigenvalue weighted by molar-refractivity contribution is 5.96. The number of hydrogen-bond donors (Lipinski definition) is 1. The molecule has 1 saturated heterocycles. The first-order chi connectivity index (χ1) is 18.2. The maximum Gasteiger partial charge on any atom is 0.272 e. The van der Waals surface area contributed by atoms with Gasteiger partial charge in [0, 0.05) is 61.3 Å². The minimum absolute atomic E-state index is 0.00521. The van der Waals surface area contributed by atoms with Crippen molar-refractivity contribution in [3.63, 3.8) is 0 Å². The second kappa shape index (κ2) is 10.4. The van der Waals surface area contributed by atoms with Crippen molar-refractivity contribution in [2.24, 2.45) is 5.92 Å². The van der Waals surface area contributed by atoms with Crippen molar-refractivity contribution >= 4 is 17.5 Å². The highest BCUT2D eigenvalue weighted by Gasteiger charge is 2.32. The van der Waals surface area contributed by atoms with Crippen LogP contribution < -0.4 is 10.2 Å². The average Bonchev–Trinajstić information content (AvgIpc) is 3.71. The highest BCUT2D eigenvalue weighted by atomic mass is 16.2. The summed E-state index contributed by atoms with van der Waals surface area (Å²) in [7, 11) is 0. The average molecular weight is 499 g/mol. The van der Waals surface area contributed by atoms with Crippen molar-refractivity contribution in [2.75, 3.05) is 24.5 Å². The number of carbonyl (C=O) groups is 2. The van der Waals surface area contributed by atoms with Gasteiger partial charge in [-0.25, -0.2) is 0 Å². The zero-order valence-electron chi connectivity index (χ0n) is 21.2. The number of benzene rings is 1. The van der Waals surface area contributed by atoms with Crippen LogP contribution in [0.25, 0.3) is 0 Å². The van der Waals surface area contributed by atoms with Crippen LogP contribution in [0.2, 0.25) is 0 Å². The summed E-state index contributed by atoms with van der Waals surface area (Å²) < 4.78 is 2.03. The maximum atomic E-state index is 13.5. The third-order valence-electron chi connectivity index (χ3n) is 7.76. The predicted octanol–water partition coefficient (Wildman–Crippen LogP) is 3.81. The summed E-state index contributed by atoms with van der Waals surface area (Å²) in [6.07, 6.45) is 8.61. The highest BCUT2D eigenvalue weighted by Crippen LogP contribution is 2.33. The van der Waals surface area contributed by atoms with Crippen molar-refractivity contribution in [1.82, 2.24) is 25.0 Å². The zero-order chi connectivity index (χ0) is 25.2. The van der Waals surface area contributed by atoms with E-state index in [1.54, 1.807) is 6.20 Å². The second-order valence-electron chi connectivity index (χ2n) is 10.5. The number of fused-ring (bicyclic) bond motifs is 1. The number of anilines is 1. The first-order valence-electron chi connectivity index (χ1n) is 13.6. The van der Waals surface area contributed by atoms with Crippen LogP contribution in [-0.4, -0.2) is 51.1 Å². The van der Waals surface area contributed by atoms with Gasteiger partial charge in [-0.05, 0) is 74.4 Å². The maximum absolute atomic E-state index is 13.5. The number of aromatic nitrogens is 3. The summed E-state index contributed by atoms with van der Waals surface area (Å²) in [6.45, 7) is 4.39. The molecule has 2 amide bonds. The van der Waals surface area contributed by atoms with E-state index in [2.05, 4.69) is 27.3 Å². The molecule has 192 valence electrons. The first kappa shape index (κ1) is 23.7. The van der Waals surface area contributed by atoms with Crippen LogP contribution in [0.1, 0.15) is 69.9 Å². The standard InChI is InChI=1S/C29H34N6O2/c36-28(31-18-23-6-2-3-14-30-23)27-25-20-34(17-13-26(25)35(32-27)19-21-7-8-21)29(37)22-9-11-24(12-10-22)33-15-4-1-5-16-33/h2-3,6,9-12,14,21H,1,4-5,7-8,13,15-20H2,(H,31,36). The molecular formula is C29H34N6O2. The Labute approximate surface area is 217 Å². The molecule has 8 nitrogen and oxygen atoms in total. The molecule has 2 aliphatic heterocycles. The lowest BCUT2D eigenvalue weighted by atomic mass is 10.0. The molecule has 0 unspecified atom stereocenters. The molecule has 2 aromatic heterocycles. The Balaban J connectivity index is 1.19. The van der Waals surface area contributed by atoms with Crippen molar-refractivity contribution in [2.45, 2.75) is 58.2 Å². The summed E-state index contributed by atoms with van der Waals surface area (Å²) in [6, 6.07) is 13.7. The zero-order valence-corrected chi connectivity index (χ0v) is 21.2. The normalized spacial score (nSPS) is 17.4. The SMILES string of the molecule is O=C(NCc1ccccn1)c1nn(CC2CC2)c2c1CN(C(=O)c1ccc(N3CCCCC3)cc1)CC2. The van der Waals surface area contributed by atoms with Crippen LogP contribution in [0, 0.1) is 5.92 Å². The number of rotatable bonds is 7. The Kier molecular flexibility index (Phi) is 6.64. The molecular weight excluding hydrogens is 464 g/mol. The van der Waals surface area contributed by atoms with Gasteiger partial charge in [0.2, 0.25) is 0 Å². The largest absolute Gasteiger partial charge is 0.372 e. The van der Waals surface area contributed by atoms with Crippen LogP contribution in [0.4, 0.5) is 5.69 Å². The van der Waals surface area contributed by atoms with Crippen LogP contribution >= 0.6 is 0 Å². The van der Waals surface area contributed by atoms with Gasteiger partial charge in [0.25, 0.3) is 11.8 Å². The molecule has 0 atom stereocenters. The van der Waals surface area contributed by atoms with E-state index in [9.17, 15) is 9.59 Å². The minimum Gasteiger partial charge on any atom is -0.372 e. The van der Waals surface area contributed by atoms with Gasteiger partial charge >= 0.3 is 0 Å². The van der Waals surface area contributed by atoms with Gasteiger partial charge in [-0.3, -0.25) is 19.3 Å². The van der Waals surface area contributed by atoms with E-state index in [1.807, 2.05) is 39.9 Å². The fourth-order valence-electron chi connectivity index (χ4n) is 5.45. The molecule has 8 heteroatoms. The van der Waals surface area contributed by atoms with Gasteiger partial charge in [0.15, 0.2) is 5.69 Å². The van der Waals surface area contributed by atoms with E-state index in [0.717, 1.165) is 36.6 Å². The van der Waals surface area contributed by atoms with Gasteiger partial charge in [-0.1, -0.05) is 6.07 Å². The summed E-state index contributed by atoms with van der Waals surface area (Å²) in [5.41, 5.74) is 5.08. The summed E-state index contributed by atoms with van der Waals surface area (Å²) >= 11 is 0. The Morgan fingerprint density at radius 1 is 0.973 bits per heavy atom. The Bertz CT molecular complexity index is 1260. The van der Waals surface area contributed by atoms with Crippen LogP contribution in [0.3, 0.4) is 0 Å². The molecule has 3 aliphatic rings. The summed E-state index contributed by atoms with van der Waals surface area (Å²) in [5.74, 6) is 0.439. The quantitative estimate of drug-likeness (QED) is 0.536. The molecule has 0 spiro atoms. The van der Waals surface area contributed by atoms with Gasteiger partial charge < -0.3 is 15.1 Å². The Morgan fingerprint density at radius 2 is 1.78 bits per heavy atom. The molecule has 1 aromatic carbocycles. The van der Waals surface area contributed by atoms with E-state index in [1.165, 1.54) is 37.8 Å². The third-order valence-corrected chi connectivity index (χ3v) is 7.76. The molecule has 6 rings (SSSR count). The van der Waals surface area contributed by atoms with Crippen molar-refractivity contribution in [3.05, 3.63) is 76.9 Å². The number of nitrogens with zero attached hydrogens (tertiary/aromatic N) is 5. The number of hydrogen-bond acceptors (Lipinski definition) is 5. The van der Waals surface area contributed by atoms with Gasteiger partial charge in [-0.2, -0.15) is 5.10 Å². The molecule has 3 aromatic rings. The molecule has 4 heterocycles. The Hall–Kier alpha value is -3.68. The third kappa shape index (κ3) is 5.24. The summed E-state index contributed by atoms with van der Waals surface area (Å²) in [5, 5.41) is 7.73. The second-order valence-corrected chi connectivity index (χ2v) is 10.5. The fourth-order valence-corrected chi connectivity index (χ4v) is 5.45. The van der Waals surface area contributed by atoms with E-state index in [0.29, 0.717) is 43.2 Å². The fraction of sp³-hybridized carbons (Fsp3) is 0.448. The first-order valence-corrected chi connectivity index (χ1v) is 13.6. The summed E-state index contributed by atoms with van der Waals surface area (Å²) in [4.78, 5) is 35.2. The van der Waals surface area contributed by atoms with E-state index in [-0.39, 0.29) is 11.8 Å². The topological polar surface area (TPSA) is 83.4 Å². The minimum atomic E-state index is -0.211. The number of pyridine rings is 1. The molecule has 1 N–H and O–H groups in total. The number of piperidine rings is 1. The lowest BCUT2D eigenvalue weighted by molar-refractivity contribution is 0.0730. The molecule has 1 aliphatic carbocycles. The van der Waals surface area contributed by atoms with Crippen molar-refractivity contribution in [1.29, 1.82) is 0 Å². The number of nitrogens with one attached hydrogen (secondary N) is 1. The van der Waals surface area contributed by atoms with E-state index < -0.39 is 0 Å². The molecule has 2 fully saturated rings. The van der Waals surface area contributed by atoms with Gasteiger partial charge in [0.05, 0.1) is 18.8 Å². The predicted molar refractivity (Wildman–Crippen MR) is 141 cm³/mol. The smallest absolute Gasteiger partial charge is 0.272 e. The molecule has 0 bridgehead atoms. The Morgan fingerprint density at radius 3 is 2.51 bits per heavy atom. The van der Waals surface area contributed by atoms with Crippen molar-refractivity contribution in [3.8, 4) is 0 Å². The molecule has 0 radical (unpaired) electrons.